The first kappa shape index (κ1) is 18.7. The average Bonchev–Trinajstić information content (AvgIpc) is 2.99. The van der Waals surface area contributed by atoms with Crippen LogP contribution in [0.1, 0.15) is 41.3 Å². The molecule has 0 fully saturated rings. The summed E-state index contributed by atoms with van der Waals surface area (Å²) in [5.41, 5.74) is 8.70. The van der Waals surface area contributed by atoms with E-state index in [1.54, 1.807) is 6.20 Å². The second kappa shape index (κ2) is 7.66. The highest BCUT2D eigenvalue weighted by Gasteiger charge is 2.19. The van der Waals surface area contributed by atoms with Crippen LogP contribution in [0.2, 0.25) is 0 Å². The number of nitrogens with zero attached hydrogens (tertiary/aromatic N) is 1. The SMILES string of the molecule is Cc1ccc(C(C)C)c(OCCn2cc(C(=O)C(N)=O)c3ccccc32)c1. The van der Waals surface area contributed by atoms with Gasteiger partial charge in [0.15, 0.2) is 0 Å². The van der Waals surface area contributed by atoms with Crippen LogP contribution in [0, 0.1) is 6.92 Å². The third kappa shape index (κ3) is 3.87. The molecule has 2 N–H and O–H groups in total. The van der Waals surface area contributed by atoms with Gasteiger partial charge in [-0.15, -0.1) is 0 Å². The van der Waals surface area contributed by atoms with Gasteiger partial charge in [-0.25, -0.2) is 0 Å². The van der Waals surface area contributed by atoms with Gasteiger partial charge in [0.05, 0.1) is 12.1 Å². The highest BCUT2D eigenvalue weighted by atomic mass is 16.5. The normalized spacial score (nSPS) is 11.1. The van der Waals surface area contributed by atoms with E-state index in [1.807, 2.05) is 41.8 Å². The van der Waals surface area contributed by atoms with Gasteiger partial charge in [-0.2, -0.15) is 0 Å². The maximum Gasteiger partial charge on any atom is 0.289 e. The van der Waals surface area contributed by atoms with E-state index >= 15 is 0 Å². The quantitative estimate of drug-likeness (QED) is 0.511. The zero-order chi connectivity index (χ0) is 19.6. The summed E-state index contributed by atoms with van der Waals surface area (Å²) in [5.74, 6) is -0.371. The van der Waals surface area contributed by atoms with Gasteiger partial charge in [-0.3, -0.25) is 9.59 Å². The van der Waals surface area contributed by atoms with E-state index in [1.165, 1.54) is 5.56 Å². The second-order valence-corrected chi connectivity index (χ2v) is 6.99. The van der Waals surface area contributed by atoms with Crippen molar-refractivity contribution in [2.24, 2.45) is 5.73 Å². The molecule has 0 atom stereocenters. The molecule has 0 unspecified atom stereocenters. The summed E-state index contributed by atoms with van der Waals surface area (Å²) >= 11 is 0. The summed E-state index contributed by atoms with van der Waals surface area (Å²) in [6.07, 6.45) is 1.68. The number of aromatic nitrogens is 1. The number of rotatable bonds is 7. The van der Waals surface area contributed by atoms with Crippen LogP contribution in [0.3, 0.4) is 0 Å². The monoisotopic (exact) mass is 364 g/mol. The van der Waals surface area contributed by atoms with Crippen molar-refractivity contribution in [1.82, 2.24) is 4.57 Å². The molecule has 1 aromatic heterocycles. The molecule has 0 aliphatic carbocycles. The molecule has 0 aliphatic heterocycles. The lowest BCUT2D eigenvalue weighted by Crippen LogP contribution is -2.22. The van der Waals surface area contributed by atoms with Gasteiger partial charge in [0, 0.05) is 17.1 Å². The molecule has 0 radical (unpaired) electrons. The number of carbonyl (C=O) groups is 2. The van der Waals surface area contributed by atoms with Crippen molar-refractivity contribution in [2.75, 3.05) is 6.61 Å². The minimum atomic E-state index is -0.949. The van der Waals surface area contributed by atoms with E-state index in [9.17, 15) is 9.59 Å². The van der Waals surface area contributed by atoms with Crippen molar-refractivity contribution in [3.05, 3.63) is 65.4 Å². The average molecular weight is 364 g/mol. The molecule has 2 aromatic carbocycles. The molecule has 0 saturated carbocycles. The number of benzene rings is 2. The Morgan fingerprint density at radius 3 is 2.59 bits per heavy atom. The molecule has 1 heterocycles. The Labute approximate surface area is 158 Å². The molecule has 140 valence electrons. The Bertz CT molecular complexity index is 1000. The largest absolute Gasteiger partial charge is 0.491 e. The van der Waals surface area contributed by atoms with Gasteiger partial charge in [0.1, 0.15) is 12.4 Å². The van der Waals surface area contributed by atoms with Crippen LogP contribution < -0.4 is 10.5 Å². The fraction of sp³-hybridized carbons (Fsp3) is 0.273. The fourth-order valence-corrected chi connectivity index (χ4v) is 3.24. The predicted octanol–water partition coefficient (Wildman–Crippen LogP) is 3.82. The number of hydrogen-bond donors (Lipinski definition) is 1. The maximum atomic E-state index is 12.1. The van der Waals surface area contributed by atoms with Crippen molar-refractivity contribution in [3.8, 4) is 5.75 Å². The molecule has 0 spiro atoms. The number of ketones is 1. The number of aryl methyl sites for hydroxylation is 1. The minimum Gasteiger partial charge on any atom is -0.491 e. The lowest BCUT2D eigenvalue weighted by molar-refractivity contribution is -0.114. The standard InChI is InChI=1S/C22H24N2O3/c1-14(2)16-9-8-15(3)12-20(16)27-11-10-24-13-18(21(25)22(23)26)17-6-4-5-7-19(17)24/h4-9,12-14H,10-11H2,1-3H3,(H2,23,26). The zero-order valence-electron chi connectivity index (χ0n) is 15.9. The molecule has 5 heteroatoms. The molecule has 0 saturated heterocycles. The molecular weight excluding hydrogens is 340 g/mol. The Morgan fingerprint density at radius 2 is 1.89 bits per heavy atom. The van der Waals surface area contributed by atoms with Gasteiger partial charge in [-0.1, -0.05) is 44.2 Å². The van der Waals surface area contributed by atoms with E-state index < -0.39 is 11.7 Å². The van der Waals surface area contributed by atoms with Gasteiger partial charge in [0.25, 0.3) is 11.7 Å². The third-order valence-electron chi connectivity index (χ3n) is 4.64. The highest BCUT2D eigenvalue weighted by molar-refractivity contribution is 6.44. The zero-order valence-corrected chi connectivity index (χ0v) is 15.9. The van der Waals surface area contributed by atoms with Gasteiger partial charge >= 0.3 is 0 Å². The number of hydrogen-bond acceptors (Lipinski definition) is 3. The minimum absolute atomic E-state index is 0.330. The number of Topliss-reactive ketones (excluding diaryl/α,β-unsaturated/α-hetero) is 1. The predicted molar refractivity (Wildman–Crippen MR) is 106 cm³/mol. The van der Waals surface area contributed by atoms with Crippen LogP contribution in [0.25, 0.3) is 10.9 Å². The van der Waals surface area contributed by atoms with Crippen molar-refractivity contribution >= 4 is 22.6 Å². The number of carbonyl (C=O) groups excluding carboxylic acids is 2. The first-order chi connectivity index (χ1) is 12.9. The fourth-order valence-electron chi connectivity index (χ4n) is 3.24. The summed E-state index contributed by atoms with van der Waals surface area (Å²) in [5, 5.41) is 0.722. The van der Waals surface area contributed by atoms with Crippen LogP contribution in [0.5, 0.6) is 5.75 Å². The Hall–Kier alpha value is -3.08. The van der Waals surface area contributed by atoms with Gasteiger partial charge in [0.2, 0.25) is 0 Å². The highest BCUT2D eigenvalue weighted by Crippen LogP contribution is 2.28. The smallest absolute Gasteiger partial charge is 0.289 e. The summed E-state index contributed by atoms with van der Waals surface area (Å²) in [7, 11) is 0. The number of ether oxygens (including phenoxy) is 1. The van der Waals surface area contributed by atoms with Crippen molar-refractivity contribution in [3.63, 3.8) is 0 Å². The maximum absolute atomic E-state index is 12.1. The van der Waals surface area contributed by atoms with Crippen LogP contribution in [-0.4, -0.2) is 22.9 Å². The molecule has 3 rings (SSSR count). The number of para-hydroxylation sites is 1. The van der Waals surface area contributed by atoms with E-state index in [0.29, 0.717) is 24.6 Å². The van der Waals surface area contributed by atoms with Gasteiger partial charge in [-0.05, 0) is 36.1 Å². The number of amides is 1. The summed E-state index contributed by atoms with van der Waals surface area (Å²) < 4.78 is 7.98. The van der Waals surface area contributed by atoms with E-state index in [0.717, 1.165) is 22.2 Å². The molecular formula is C22H24N2O3. The molecule has 0 aliphatic rings. The Balaban J connectivity index is 1.84. The molecule has 5 nitrogen and oxygen atoms in total. The van der Waals surface area contributed by atoms with Crippen LogP contribution in [0.4, 0.5) is 0 Å². The molecule has 1 amide bonds. The third-order valence-corrected chi connectivity index (χ3v) is 4.64. The molecule has 0 bridgehead atoms. The van der Waals surface area contributed by atoms with Gasteiger partial charge < -0.3 is 15.0 Å². The topological polar surface area (TPSA) is 74.3 Å². The van der Waals surface area contributed by atoms with Crippen LogP contribution in [0.15, 0.2) is 48.7 Å². The summed E-state index contributed by atoms with van der Waals surface area (Å²) in [6, 6.07) is 13.7. The van der Waals surface area contributed by atoms with E-state index in [2.05, 4.69) is 26.0 Å². The lowest BCUT2D eigenvalue weighted by Gasteiger charge is -2.15. The van der Waals surface area contributed by atoms with Crippen molar-refractivity contribution in [1.29, 1.82) is 0 Å². The van der Waals surface area contributed by atoms with E-state index in [-0.39, 0.29) is 0 Å². The van der Waals surface area contributed by atoms with Crippen molar-refractivity contribution < 1.29 is 14.3 Å². The summed E-state index contributed by atoms with van der Waals surface area (Å²) in [6.45, 7) is 7.32. The Morgan fingerprint density at radius 1 is 1.15 bits per heavy atom. The molecule has 27 heavy (non-hydrogen) atoms. The number of fused-ring (bicyclic) bond motifs is 1. The van der Waals surface area contributed by atoms with Crippen LogP contribution in [-0.2, 0) is 11.3 Å². The number of nitrogens with two attached hydrogens (primary N) is 1. The number of primary amides is 1. The first-order valence-corrected chi connectivity index (χ1v) is 9.04. The molecule has 3 aromatic rings. The first-order valence-electron chi connectivity index (χ1n) is 9.04. The summed E-state index contributed by atoms with van der Waals surface area (Å²) in [4.78, 5) is 23.4. The lowest BCUT2D eigenvalue weighted by atomic mass is 10.0. The Kier molecular flexibility index (Phi) is 5.31. The second-order valence-electron chi connectivity index (χ2n) is 6.99. The van der Waals surface area contributed by atoms with Crippen molar-refractivity contribution in [2.45, 2.75) is 33.2 Å². The van der Waals surface area contributed by atoms with E-state index in [4.69, 9.17) is 10.5 Å². The van der Waals surface area contributed by atoms with Crippen LogP contribution >= 0.6 is 0 Å².